The molecule has 0 saturated heterocycles. The van der Waals surface area contributed by atoms with Crippen molar-refractivity contribution in [3.05, 3.63) is 28.8 Å². The van der Waals surface area contributed by atoms with Crippen LogP contribution >= 0.6 is 23.8 Å². The summed E-state index contributed by atoms with van der Waals surface area (Å²) in [4.78, 5) is 0.932. The number of fused-ring (bicyclic) bond motifs is 1. The van der Waals surface area contributed by atoms with Crippen LogP contribution in [0.15, 0.2) is 18.2 Å². The second kappa shape index (κ2) is 3.64. The Morgan fingerprint density at radius 1 is 1.31 bits per heavy atom. The molecule has 13 heavy (non-hydrogen) atoms. The third kappa shape index (κ3) is 2.01. The molecule has 1 aliphatic heterocycles. The van der Waals surface area contributed by atoms with Crippen LogP contribution in [0, 0.1) is 0 Å². The molecule has 0 bridgehead atoms. The maximum atomic E-state index is 5.91. The predicted molar refractivity (Wildman–Crippen MR) is 60.6 cm³/mol. The van der Waals surface area contributed by atoms with E-state index in [4.69, 9.17) is 23.8 Å². The lowest BCUT2D eigenvalue weighted by atomic mass is 10.1. The van der Waals surface area contributed by atoms with Crippen molar-refractivity contribution in [2.75, 3.05) is 5.32 Å². The van der Waals surface area contributed by atoms with E-state index in [1.54, 1.807) is 0 Å². The molecule has 0 unspecified atom stereocenters. The van der Waals surface area contributed by atoms with Crippen molar-refractivity contribution in [2.24, 2.45) is 0 Å². The van der Waals surface area contributed by atoms with Gasteiger partial charge in [-0.3, -0.25) is 0 Å². The van der Waals surface area contributed by atoms with Gasteiger partial charge < -0.3 is 5.32 Å². The minimum atomic E-state index is 0.799. The Morgan fingerprint density at radius 2 is 2.15 bits per heavy atom. The van der Waals surface area contributed by atoms with E-state index in [-0.39, 0.29) is 0 Å². The Labute approximate surface area is 88.1 Å². The van der Waals surface area contributed by atoms with Gasteiger partial charge in [-0.05, 0) is 43.0 Å². The van der Waals surface area contributed by atoms with Crippen molar-refractivity contribution in [3.8, 4) is 0 Å². The van der Waals surface area contributed by atoms with Crippen LogP contribution in [0.2, 0.25) is 5.02 Å². The molecule has 0 amide bonds. The van der Waals surface area contributed by atoms with E-state index in [1.165, 1.54) is 5.56 Å². The molecule has 1 nitrogen and oxygen atoms in total. The van der Waals surface area contributed by atoms with E-state index in [2.05, 4.69) is 5.32 Å². The van der Waals surface area contributed by atoms with E-state index in [1.807, 2.05) is 18.2 Å². The van der Waals surface area contributed by atoms with Gasteiger partial charge in [-0.2, -0.15) is 0 Å². The fraction of sp³-hybridized carbons (Fsp3) is 0.300. The third-order valence-corrected chi connectivity index (χ3v) is 2.73. The van der Waals surface area contributed by atoms with Crippen molar-refractivity contribution < 1.29 is 0 Å². The SMILES string of the molecule is S=C1CCCc2cc(Cl)ccc2N1. The maximum absolute atomic E-state index is 5.91. The minimum absolute atomic E-state index is 0.799. The van der Waals surface area contributed by atoms with E-state index in [0.29, 0.717) is 0 Å². The molecule has 1 aliphatic rings. The number of aryl methyl sites for hydroxylation is 1. The summed E-state index contributed by atoms with van der Waals surface area (Å²) in [6, 6.07) is 5.90. The summed E-state index contributed by atoms with van der Waals surface area (Å²) in [5.74, 6) is 0. The normalized spacial score (nSPS) is 15.9. The quantitative estimate of drug-likeness (QED) is 0.660. The van der Waals surface area contributed by atoms with Crippen LogP contribution in [0.4, 0.5) is 5.69 Å². The lowest BCUT2D eigenvalue weighted by molar-refractivity contribution is 0.884. The van der Waals surface area contributed by atoms with Crippen LogP contribution in [0.1, 0.15) is 18.4 Å². The van der Waals surface area contributed by atoms with Crippen LogP contribution in [0.3, 0.4) is 0 Å². The molecule has 2 rings (SSSR count). The molecule has 0 atom stereocenters. The average molecular weight is 212 g/mol. The van der Waals surface area contributed by atoms with E-state index in [9.17, 15) is 0 Å². The highest BCUT2D eigenvalue weighted by atomic mass is 35.5. The number of hydrogen-bond acceptors (Lipinski definition) is 1. The van der Waals surface area contributed by atoms with Crippen molar-refractivity contribution in [1.29, 1.82) is 0 Å². The first-order chi connectivity index (χ1) is 6.25. The van der Waals surface area contributed by atoms with Crippen molar-refractivity contribution in [3.63, 3.8) is 0 Å². The molecule has 0 aromatic heterocycles. The van der Waals surface area contributed by atoms with Gasteiger partial charge in [-0.15, -0.1) is 0 Å². The Bertz CT molecular complexity index is 349. The van der Waals surface area contributed by atoms with Gasteiger partial charge >= 0.3 is 0 Å². The summed E-state index contributed by atoms with van der Waals surface area (Å²) in [6.07, 6.45) is 3.14. The van der Waals surface area contributed by atoms with Gasteiger partial charge in [0.05, 0.1) is 4.99 Å². The third-order valence-electron chi connectivity index (χ3n) is 2.19. The summed E-state index contributed by atoms with van der Waals surface area (Å²) in [6.45, 7) is 0. The number of rotatable bonds is 0. The van der Waals surface area contributed by atoms with Gasteiger partial charge in [0, 0.05) is 10.7 Å². The van der Waals surface area contributed by atoms with E-state index >= 15 is 0 Å². The zero-order valence-corrected chi connectivity index (χ0v) is 8.71. The van der Waals surface area contributed by atoms with Crippen molar-refractivity contribution in [2.45, 2.75) is 19.3 Å². The van der Waals surface area contributed by atoms with Gasteiger partial charge in [0.15, 0.2) is 0 Å². The zero-order valence-electron chi connectivity index (χ0n) is 7.14. The van der Waals surface area contributed by atoms with Crippen LogP contribution in [0.5, 0.6) is 0 Å². The largest absolute Gasteiger partial charge is 0.350 e. The average Bonchev–Trinajstić information content (AvgIpc) is 2.25. The molecule has 1 aromatic rings. The first-order valence-corrected chi connectivity index (χ1v) is 5.12. The molecule has 0 aliphatic carbocycles. The molecule has 68 valence electrons. The van der Waals surface area contributed by atoms with Gasteiger partial charge in [-0.1, -0.05) is 23.8 Å². The highest BCUT2D eigenvalue weighted by molar-refractivity contribution is 7.80. The number of nitrogens with one attached hydrogen (secondary N) is 1. The summed E-state index contributed by atoms with van der Waals surface area (Å²) >= 11 is 11.1. The Morgan fingerprint density at radius 3 is 3.00 bits per heavy atom. The highest BCUT2D eigenvalue weighted by Gasteiger charge is 2.09. The maximum Gasteiger partial charge on any atom is 0.0797 e. The lowest BCUT2D eigenvalue weighted by Crippen LogP contribution is -2.06. The molecule has 1 aromatic carbocycles. The van der Waals surface area contributed by atoms with Crippen molar-refractivity contribution in [1.82, 2.24) is 0 Å². The molecule has 1 N–H and O–H groups in total. The number of thiocarbonyl (C=S) groups is 1. The smallest absolute Gasteiger partial charge is 0.0797 e. The Kier molecular flexibility index (Phi) is 2.51. The molecule has 1 heterocycles. The first-order valence-electron chi connectivity index (χ1n) is 4.34. The summed E-state index contributed by atoms with van der Waals surface area (Å²) in [5.41, 5.74) is 2.39. The second-order valence-corrected chi connectivity index (χ2v) is 4.13. The number of benzene rings is 1. The van der Waals surface area contributed by atoms with Crippen LogP contribution in [0.25, 0.3) is 0 Å². The van der Waals surface area contributed by atoms with Gasteiger partial charge in [0.2, 0.25) is 0 Å². The predicted octanol–water partition coefficient (Wildman–Crippen LogP) is 3.42. The van der Waals surface area contributed by atoms with E-state index < -0.39 is 0 Å². The standard InChI is InChI=1S/C10H10ClNS/c11-8-4-5-9-7(6-8)2-1-3-10(13)12-9/h4-6H,1-3H2,(H,12,13). The topological polar surface area (TPSA) is 12.0 Å². The minimum Gasteiger partial charge on any atom is -0.350 e. The molecule has 0 spiro atoms. The number of hydrogen-bond donors (Lipinski definition) is 1. The fourth-order valence-electron chi connectivity index (χ4n) is 1.54. The molecule has 3 heteroatoms. The van der Waals surface area contributed by atoms with Crippen molar-refractivity contribution >= 4 is 34.5 Å². The lowest BCUT2D eigenvalue weighted by Gasteiger charge is -2.07. The highest BCUT2D eigenvalue weighted by Crippen LogP contribution is 2.25. The molecular formula is C10H10ClNS. The molecule has 0 fully saturated rings. The van der Waals surface area contributed by atoms with Crippen LogP contribution < -0.4 is 5.32 Å². The van der Waals surface area contributed by atoms with Gasteiger partial charge in [0.25, 0.3) is 0 Å². The number of anilines is 1. The molecular weight excluding hydrogens is 202 g/mol. The monoisotopic (exact) mass is 211 g/mol. The summed E-state index contributed by atoms with van der Waals surface area (Å²) in [7, 11) is 0. The number of halogens is 1. The van der Waals surface area contributed by atoms with Gasteiger partial charge in [-0.25, -0.2) is 0 Å². The molecule has 0 radical (unpaired) electrons. The second-order valence-electron chi connectivity index (χ2n) is 3.20. The van der Waals surface area contributed by atoms with Crippen LogP contribution in [-0.4, -0.2) is 4.99 Å². The Balaban J connectivity index is 2.40. The molecule has 0 saturated carbocycles. The van der Waals surface area contributed by atoms with E-state index in [0.717, 1.165) is 35.0 Å². The first kappa shape index (κ1) is 8.97. The zero-order chi connectivity index (χ0) is 9.26. The van der Waals surface area contributed by atoms with Crippen LogP contribution in [-0.2, 0) is 6.42 Å². The summed E-state index contributed by atoms with van der Waals surface area (Å²) in [5, 5.41) is 4.02. The summed E-state index contributed by atoms with van der Waals surface area (Å²) < 4.78 is 0. The Hall–Kier alpha value is -0.600. The van der Waals surface area contributed by atoms with Gasteiger partial charge in [0.1, 0.15) is 0 Å². The fourth-order valence-corrected chi connectivity index (χ4v) is 1.99.